The van der Waals surface area contributed by atoms with Crippen molar-refractivity contribution in [3.63, 3.8) is 0 Å². The smallest absolute Gasteiger partial charge is 0.126 e. The lowest BCUT2D eigenvalue weighted by atomic mass is 9.91. The molecular formula is C13H20FN. The Morgan fingerprint density at radius 3 is 2.60 bits per heavy atom. The highest BCUT2D eigenvalue weighted by molar-refractivity contribution is 5.21. The van der Waals surface area contributed by atoms with Gasteiger partial charge in [-0.05, 0) is 44.0 Å². The first-order valence-corrected chi connectivity index (χ1v) is 5.68. The second kappa shape index (κ2) is 6.57. The minimum atomic E-state index is -0.0629. The molecule has 0 aliphatic rings. The Balaban J connectivity index is 2.74. The number of halogens is 1. The molecule has 0 heterocycles. The van der Waals surface area contributed by atoms with Crippen LogP contribution in [0.4, 0.5) is 4.39 Å². The molecule has 1 aromatic rings. The van der Waals surface area contributed by atoms with E-state index in [2.05, 4.69) is 12.2 Å². The zero-order chi connectivity index (χ0) is 11.1. The minimum absolute atomic E-state index is 0.0629. The Kier molecular flexibility index (Phi) is 5.33. The predicted molar refractivity (Wildman–Crippen MR) is 62.6 cm³/mol. The largest absolute Gasteiger partial charge is 0.320 e. The second-order valence-electron chi connectivity index (χ2n) is 3.90. The van der Waals surface area contributed by atoms with Crippen LogP contribution in [0.5, 0.6) is 0 Å². The molecule has 1 rings (SSSR count). The molecule has 0 aromatic heterocycles. The van der Waals surface area contributed by atoms with Gasteiger partial charge in [-0.15, -0.1) is 0 Å². The molecule has 0 saturated heterocycles. The summed E-state index contributed by atoms with van der Waals surface area (Å²) in [6.45, 7) is 3.09. The first kappa shape index (κ1) is 12.2. The van der Waals surface area contributed by atoms with Gasteiger partial charge in [0.25, 0.3) is 0 Å². The van der Waals surface area contributed by atoms with Crippen LogP contribution in [-0.4, -0.2) is 13.6 Å². The van der Waals surface area contributed by atoms with Crippen molar-refractivity contribution in [1.82, 2.24) is 5.32 Å². The van der Waals surface area contributed by atoms with Gasteiger partial charge in [-0.25, -0.2) is 4.39 Å². The molecule has 1 atom stereocenters. The highest BCUT2D eigenvalue weighted by Crippen LogP contribution is 2.26. The maximum Gasteiger partial charge on any atom is 0.126 e. The summed E-state index contributed by atoms with van der Waals surface area (Å²) in [5, 5.41) is 3.12. The van der Waals surface area contributed by atoms with Crippen LogP contribution in [0.3, 0.4) is 0 Å². The number of nitrogens with one attached hydrogen (secondary N) is 1. The fourth-order valence-electron chi connectivity index (χ4n) is 1.93. The molecule has 0 bridgehead atoms. The monoisotopic (exact) mass is 209 g/mol. The molecule has 1 nitrogen and oxygen atoms in total. The summed E-state index contributed by atoms with van der Waals surface area (Å²) < 4.78 is 13.6. The van der Waals surface area contributed by atoms with Crippen LogP contribution in [0.1, 0.15) is 37.7 Å². The first-order chi connectivity index (χ1) is 7.29. The standard InChI is InChI=1S/C13H20FN/c1-3-6-11(9-10-15-2)12-7-4-5-8-13(12)14/h4-5,7-8,11,15H,3,6,9-10H2,1-2H3. The van der Waals surface area contributed by atoms with Crippen molar-refractivity contribution < 1.29 is 4.39 Å². The quantitative estimate of drug-likeness (QED) is 0.758. The minimum Gasteiger partial charge on any atom is -0.320 e. The van der Waals surface area contributed by atoms with E-state index in [1.165, 1.54) is 0 Å². The molecule has 0 aliphatic carbocycles. The van der Waals surface area contributed by atoms with Crippen molar-refractivity contribution >= 4 is 0 Å². The van der Waals surface area contributed by atoms with Crippen molar-refractivity contribution in [2.45, 2.75) is 32.1 Å². The molecule has 0 amide bonds. The van der Waals surface area contributed by atoms with Crippen LogP contribution >= 0.6 is 0 Å². The van der Waals surface area contributed by atoms with E-state index in [0.717, 1.165) is 31.4 Å². The Labute approximate surface area is 91.7 Å². The Hall–Kier alpha value is -0.890. The normalized spacial score (nSPS) is 12.7. The first-order valence-electron chi connectivity index (χ1n) is 5.68. The van der Waals surface area contributed by atoms with Crippen molar-refractivity contribution in [3.05, 3.63) is 35.6 Å². The summed E-state index contributed by atoms with van der Waals surface area (Å²) in [5.74, 6) is 0.288. The summed E-state index contributed by atoms with van der Waals surface area (Å²) in [5.41, 5.74) is 0.870. The molecule has 0 saturated carbocycles. The molecule has 1 unspecified atom stereocenters. The number of benzene rings is 1. The fourth-order valence-corrected chi connectivity index (χ4v) is 1.93. The Bertz CT molecular complexity index is 286. The molecular weight excluding hydrogens is 189 g/mol. The Morgan fingerprint density at radius 2 is 2.00 bits per heavy atom. The molecule has 0 spiro atoms. The molecule has 1 aromatic carbocycles. The molecule has 1 N–H and O–H groups in total. The van der Waals surface area contributed by atoms with Gasteiger partial charge in [0.05, 0.1) is 0 Å². The predicted octanol–water partition coefficient (Wildman–Crippen LogP) is 3.32. The SMILES string of the molecule is CCCC(CCNC)c1ccccc1F. The molecule has 0 fully saturated rings. The zero-order valence-corrected chi connectivity index (χ0v) is 9.59. The average Bonchev–Trinajstić information content (AvgIpc) is 2.25. The van der Waals surface area contributed by atoms with Crippen LogP contribution in [0.15, 0.2) is 24.3 Å². The summed E-state index contributed by atoms with van der Waals surface area (Å²) in [6.07, 6.45) is 3.16. The highest BCUT2D eigenvalue weighted by atomic mass is 19.1. The topological polar surface area (TPSA) is 12.0 Å². The lowest BCUT2D eigenvalue weighted by molar-refractivity contribution is 0.515. The molecule has 15 heavy (non-hydrogen) atoms. The van der Waals surface area contributed by atoms with Crippen molar-refractivity contribution in [1.29, 1.82) is 0 Å². The zero-order valence-electron chi connectivity index (χ0n) is 9.59. The average molecular weight is 209 g/mol. The van der Waals surface area contributed by atoms with Crippen LogP contribution in [0.25, 0.3) is 0 Å². The van der Waals surface area contributed by atoms with Crippen LogP contribution < -0.4 is 5.32 Å². The fraction of sp³-hybridized carbons (Fsp3) is 0.538. The van der Waals surface area contributed by atoms with E-state index in [1.54, 1.807) is 12.1 Å². The summed E-state index contributed by atoms with van der Waals surface area (Å²) in [4.78, 5) is 0. The third-order valence-corrected chi connectivity index (χ3v) is 2.72. The van der Waals surface area contributed by atoms with Crippen LogP contribution in [-0.2, 0) is 0 Å². The molecule has 0 aliphatic heterocycles. The molecule has 0 radical (unpaired) electrons. The third-order valence-electron chi connectivity index (χ3n) is 2.72. The van der Waals surface area contributed by atoms with Gasteiger partial charge in [-0.2, -0.15) is 0 Å². The van der Waals surface area contributed by atoms with E-state index in [4.69, 9.17) is 0 Å². The summed E-state index contributed by atoms with van der Waals surface area (Å²) >= 11 is 0. The van der Waals surface area contributed by atoms with Gasteiger partial charge in [-0.3, -0.25) is 0 Å². The van der Waals surface area contributed by atoms with Crippen molar-refractivity contribution in [3.8, 4) is 0 Å². The number of hydrogen-bond acceptors (Lipinski definition) is 1. The van der Waals surface area contributed by atoms with Gasteiger partial charge in [0, 0.05) is 0 Å². The van der Waals surface area contributed by atoms with Crippen molar-refractivity contribution in [2.24, 2.45) is 0 Å². The maximum atomic E-state index is 13.6. The lowest BCUT2D eigenvalue weighted by Gasteiger charge is -2.16. The lowest BCUT2D eigenvalue weighted by Crippen LogP contribution is -2.13. The maximum absolute atomic E-state index is 13.6. The Morgan fingerprint density at radius 1 is 1.27 bits per heavy atom. The van der Waals surface area contributed by atoms with Gasteiger partial charge < -0.3 is 5.32 Å². The van der Waals surface area contributed by atoms with E-state index in [9.17, 15) is 4.39 Å². The summed E-state index contributed by atoms with van der Waals surface area (Å²) in [7, 11) is 1.93. The van der Waals surface area contributed by atoms with E-state index in [-0.39, 0.29) is 5.82 Å². The van der Waals surface area contributed by atoms with Crippen molar-refractivity contribution in [2.75, 3.05) is 13.6 Å². The van der Waals surface area contributed by atoms with Crippen LogP contribution in [0, 0.1) is 5.82 Å². The number of rotatable bonds is 6. The summed E-state index contributed by atoms with van der Waals surface area (Å²) in [6, 6.07) is 7.13. The van der Waals surface area contributed by atoms with E-state index >= 15 is 0 Å². The van der Waals surface area contributed by atoms with Gasteiger partial charge in [0.1, 0.15) is 5.82 Å². The van der Waals surface area contributed by atoms with Crippen LogP contribution in [0.2, 0.25) is 0 Å². The second-order valence-corrected chi connectivity index (χ2v) is 3.90. The van der Waals surface area contributed by atoms with E-state index in [1.807, 2.05) is 19.2 Å². The molecule has 84 valence electrons. The van der Waals surface area contributed by atoms with Gasteiger partial charge in [-0.1, -0.05) is 31.5 Å². The highest BCUT2D eigenvalue weighted by Gasteiger charge is 2.13. The van der Waals surface area contributed by atoms with E-state index in [0.29, 0.717) is 5.92 Å². The van der Waals surface area contributed by atoms with Gasteiger partial charge >= 0.3 is 0 Å². The van der Waals surface area contributed by atoms with Gasteiger partial charge in [0.2, 0.25) is 0 Å². The van der Waals surface area contributed by atoms with Gasteiger partial charge in [0.15, 0.2) is 0 Å². The van der Waals surface area contributed by atoms with E-state index < -0.39 is 0 Å². The third kappa shape index (κ3) is 3.63. The number of hydrogen-bond donors (Lipinski definition) is 1. The molecule has 2 heteroatoms.